The first-order chi connectivity index (χ1) is 8.99. The molecular weight excluding hydrogens is 256 g/mol. The number of rotatable bonds is 4. The van der Waals surface area contributed by atoms with E-state index < -0.39 is 0 Å². The lowest BCUT2D eigenvalue weighted by atomic mass is 10.1. The molecule has 102 valence electrons. The monoisotopic (exact) mass is 276 g/mol. The molecule has 0 spiro atoms. The van der Waals surface area contributed by atoms with Gasteiger partial charge in [0.1, 0.15) is 0 Å². The molecule has 2 rings (SSSR count). The van der Waals surface area contributed by atoms with Crippen molar-refractivity contribution in [2.24, 2.45) is 5.92 Å². The van der Waals surface area contributed by atoms with Gasteiger partial charge in [0.05, 0.1) is 0 Å². The number of nitrogens with zero attached hydrogens (tertiary/aromatic N) is 3. The Morgan fingerprint density at radius 3 is 2.42 bits per heavy atom. The first kappa shape index (κ1) is 13.8. The van der Waals surface area contributed by atoms with Crippen molar-refractivity contribution in [3.8, 4) is 11.4 Å². The van der Waals surface area contributed by atoms with Crippen LogP contribution in [0.4, 0.5) is 5.69 Å². The first-order valence-electron chi connectivity index (χ1n) is 6.42. The number of nitrogens with one attached hydrogen (secondary N) is 1. The number of hydrogen-bond donors (Lipinski definition) is 1. The maximum atomic E-state index is 5.30. The predicted octanol–water partition coefficient (Wildman–Crippen LogP) is 3.33. The second-order valence-corrected chi connectivity index (χ2v) is 5.68. The molecule has 0 aliphatic rings. The van der Waals surface area contributed by atoms with Crippen LogP contribution in [0.5, 0.6) is 0 Å². The topological polar surface area (TPSA) is 36.9 Å². The standard InChI is InChI=1S/C14H20N4S/c1-10(2)9-18-13(15-16-14(18)19)11-5-7-12(8-6-11)17(3)4/h5-8,10H,9H2,1-4H3,(H,16,19). The smallest absolute Gasteiger partial charge is 0.195 e. The number of aromatic amines is 1. The quantitative estimate of drug-likeness (QED) is 0.870. The van der Waals surface area contributed by atoms with Crippen molar-refractivity contribution in [3.63, 3.8) is 0 Å². The van der Waals surface area contributed by atoms with Gasteiger partial charge in [-0.15, -0.1) is 0 Å². The highest BCUT2D eigenvalue weighted by Crippen LogP contribution is 2.21. The largest absolute Gasteiger partial charge is 0.378 e. The van der Waals surface area contributed by atoms with Gasteiger partial charge in [-0.05, 0) is 42.4 Å². The Morgan fingerprint density at radius 2 is 1.89 bits per heavy atom. The summed E-state index contributed by atoms with van der Waals surface area (Å²) >= 11 is 5.30. The molecule has 1 aromatic heterocycles. The zero-order chi connectivity index (χ0) is 14.0. The van der Waals surface area contributed by atoms with Crippen LogP contribution >= 0.6 is 12.2 Å². The molecule has 0 fully saturated rings. The van der Waals surface area contributed by atoms with Gasteiger partial charge in [-0.1, -0.05) is 13.8 Å². The second kappa shape index (κ2) is 5.57. The van der Waals surface area contributed by atoms with E-state index in [1.165, 1.54) is 5.69 Å². The van der Waals surface area contributed by atoms with Crippen molar-refractivity contribution in [3.05, 3.63) is 29.0 Å². The van der Waals surface area contributed by atoms with Crippen LogP contribution in [-0.4, -0.2) is 28.9 Å². The van der Waals surface area contributed by atoms with Gasteiger partial charge in [0.2, 0.25) is 0 Å². The molecule has 0 aliphatic heterocycles. The number of aromatic nitrogens is 3. The number of hydrogen-bond acceptors (Lipinski definition) is 3. The average molecular weight is 276 g/mol. The molecule has 1 aromatic carbocycles. The number of H-pyrrole nitrogens is 1. The van der Waals surface area contributed by atoms with Crippen LogP contribution in [0.1, 0.15) is 13.8 Å². The summed E-state index contributed by atoms with van der Waals surface area (Å²) in [6, 6.07) is 8.34. The van der Waals surface area contributed by atoms with Crippen LogP contribution in [0.3, 0.4) is 0 Å². The van der Waals surface area contributed by atoms with Gasteiger partial charge in [0.25, 0.3) is 0 Å². The summed E-state index contributed by atoms with van der Waals surface area (Å²) in [4.78, 5) is 2.08. The molecular formula is C14H20N4S. The normalized spacial score (nSPS) is 11.0. The van der Waals surface area contributed by atoms with Crippen molar-refractivity contribution >= 4 is 17.9 Å². The lowest BCUT2D eigenvalue weighted by Gasteiger charge is -2.13. The molecule has 5 heteroatoms. The molecule has 19 heavy (non-hydrogen) atoms. The summed E-state index contributed by atoms with van der Waals surface area (Å²) in [7, 11) is 4.06. The van der Waals surface area contributed by atoms with E-state index in [1.807, 2.05) is 14.1 Å². The highest BCUT2D eigenvalue weighted by atomic mass is 32.1. The van der Waals surface area contributed by atoms with Crippen LogP contribution in [-0.2, 0) is 6.54 Å². The maximum absolute atomic E-state index is 5.30. The van der Waals surface area contributed by atoms with Crippen molar-refractivity contribution in [1.82, 2.24) is 14.8 Å². The molecule has 0 amide bonds. The Hall–Kier alpha value is -1.62. The van der Waals surface area contributed by atoms with E-state index in [2.05, 4.69) is 57.8 Å². The molecule has 0 saturated carbocycles. The Kier molecular flexibility index (Phi) is 4.04. The van der Waals surface area contributed by atoms with Crippen molar-refractivity contribution in [2.45, 2.75) is 20.4 Å². The molecule has 1 heterocycles. The minimum absolute atomic E-state index is 0.532. The van der Waals surface area contributed by atoms with Crippen LogP contribution < -0.4 is 4.90 Å². The summed E-state index contributed by atoms with van der Waals surface area (Å²) in [6.07, 6.45) is 0. The van der Waals surface area contributed by atoms with E-state index >= 15 is 0 Å². The first-order valence-corrected chi connectivity index (χ1v) is 6.83. The number of benzene rings is 1. The van der Waals surface area contributed by atoms with Crippen LogP contribution in [0, 0.1) is 10.7 Å². The highest BCUT2D eigenvalue weighted by molar-refractivity contribution is 7.71. The van der Waals surface area contributed by atoms with Crippen LogP contribution in [0.25, 0.3) is 11.4 Å². The van der Waals surface area contributed by atoms with Crippen molar-refractivity contribution < 1.29 is 0 Å². The SMILES string of the molecule is CC(C)Cn1c(-c2ccc(N(C)C)cc2)n[nH]c1=S. The molecule has 0 bridgehead atoms. The fraction of sp³-hybridized carbons (Fsp3) is 0.429. The zero-order valence-electron chi connectivity index (χ0n) is 11.8. The summed E-state index contributed by atoms with van der Waals surface area (Å²) in [5.74, 6) is 1.44. The third kappa shape index (κ3) is 3.04. The van der Waals surface area contributed by atoms with Crippen molar-refractivity contribution in [1.29, 1.82) is 0 Å². The minimum atomic E-state index is 0.532. The van der Waals surface area contributed by atoms with E-state index in [0.29, 0.717) is 10.7 Å². The molecule has 0 atom stereocenters. The van der Waals surface area contributed by atoms with Gasteiger partial charge in [0, 0.05) is 31.9 Å². The molecule has 2 aromatic rings. The van der Waals surface area contributed by atoms with Crippen LogP contribution in [0.2, 0.25) is 0 Å². The van der Waals surface area contributed by atoms with Crippen molar-refractivity contribution in [2.75, 3.05) is 19.0 Å². The third-order valence-corrected chi connectivity index (χ3v) is 3.26. The average Bonchev–Trinajstić information content (AvgIpc) is 2.71. The fourth-order valence-corrected chi connectivity index (χ4v) is 2.19. The van der Waals surface area contributed by atoms with E-state index in [9.17, 15) is 0 Å². The number of anilines is 1. The maximum Gasteiger partial charge on any atom is 0.195 e. The van der Waals surface area contributed by atoms with Gasteiger partial charge in [-0.3, -0.25) is 9.67 Å². The molecule has 4 nitrogen and oxygen atoms in total. The van der Waals surface area contributed by atoms with Gasteiger partial charge in [-0.2, -0.15) is 5.10 Å². The Balaban J connectivity index is 2.39. The Bertz CT molecular complexity index is 593. The summed E-state index contributed by atoms with van der Waals surface area (Å²) in [5, 5.41) is 7.23. The van der Waals surface area contributed by atoms with E-state index in [4.69, 9.17) is 12.2 Å². The summed E-state index contributed by atoms with van der Waals surface area (Å²) < 4.78 is 2.74. The fourth-order valence-electron chi connectivity index (χ4n) is 1.98. The minimum Gasteiger partial charge on any atom is -0.378 e. The van der Waals surface area contributed by atoms with E-state index in [-0.39, 0.29) is 0 Å². The summed E-state index contributed by atoms with van der Waals surface area (Å²) in [6.45, 7) is 5.22. The Morgan fingerprint density at radius 1 is 1.26 bits per heavy atom. The van der Waals surface area contributed by atoms with Crippen LogP contribution in [0.15, 0.2) is 24.3 Å². The highest BCUT2D eigenvalue weighted by Gasteiger charge is 2.10. The van der Waals surface area contributed by atoms with E-state index in [1.54, 1.807) is 0 Å². The Labute approximate surface area is 119 Å². The molecule has 0 radical (unpaired) electrons. The summed E-state index contributed by atoms with van der Waals surface area (Å²) in [5.41, 5.74) is 2.26. The van der Waals surface area contributed by atoms with Gasteiger partial charge >= 0.3 is 0 Å². The molecule has 0 saturated heterocycles. The molecule has 0 aliphatic carbocycles. The van der Waals surface area contributed by atoms with Gasteiger partial charge in [-0.25, -0.2) is 0 Å². The molecule has 1 N–H and O–H groups in total. The predicted molar refractivity (Wildman–Crippen MR) is 82.0 cm³/mol. The van der Waals surface area contributed by atoms with E-state index in [0.717, 1.165) is 17.9 Å². The lowest BCUT2D eigenvalue weighted by Crippen LogP contribution is -2.08. The van der Waals surface area contributed by atoms with Gasteiger partial charge in [0.15, 0.2) is 10.6 Å². The molecule has 0 unspecified atom stereocenters. The lowest BCUT2D eigenvalue weighted by molar-refractivity contribution is 0.521. The van der Waals surface area contributed by atoms with Gasteiger partial charge < -0.3 is 4.90 Å². The second-order valence-electron chi connectivity index (χ2n) is 5.30. The zero-order valence-corrected chi connectivity index (χ0v) is 12.7. The third-order valence-electron chi connectivity index (χ3n) is 2.95.